The molecule has 5 aromatic rings. The summed E-state index contributed by atoms with van der Waals surface area (Å²) in [5, 5.41) is 22.0. The summed E-state index contributed by atoms with van der Waals surface area (Å²) in [4.78, 5) is 18.8. The molecule has 0 radical (unpaired) electrons. The number of ether oxygens (including phenoxy) is 1. The Morgan fingerprint density at radius 3 is 2.51 bits per heavy atom. The van der Waals surface area contributed by atoms with Crippen LogP contribution >= 0.6 is 0 Å². The molecule has 2 aliphatic rings. The molecule has 0 spiro atoms. The minimum atomic E-state index is 0.361. The van der Waals surface area contributed by atoms with Crippen molar-refractivity contribution in [3.05, 3.63) is 72.6 Å². The zero-order valence-corrected chi connectivity index (χ0v) is 22.7. The average molecular weight is 548 g/mol. The van der Waals surface area contributed by atoms with E-state index < -0.39 is 0 Å². The van der Waals surface area contributed by atoms with Crippen LogP contribution in [-0.2, 0) is 6.54 Å². The van der Waals surface area contributed by atoms with Gasteiger partial charge in [-0.1, -0.05) is 6.07 Å². The molecule has 7 rings (SSSR count). The van der Waals surface area contributed by atoms with Crippen molar-refractivity contribution in [2.75, 3.05) is 51.3 Å². The Bertz CT molecular complexity index is 1710. The third-order valence-corrected chi connectivity index (χ3v) is 7.78. The van der Waals surface area contributed by atoms with Gasteiger partial charge in [0.1, 0.15) is 23.0 Å². The summed E-state index contributed by atoms with van der Waals surface area (Å²) in [6, 6.07) is 10.6. The van der Waals surface area contributed by atoms with E-state index in [9.17, 15) is 5.26 Å². The number of methoxy groups -OCH3 is 1. The summed E-state index contributed by atoms with van der Waals surface area (Å²) in [5.74, 6) is 1.56. The summed E-state index contributed by atoms with van der Waals surface area (Å²) in [6.07, 6.45) is 11.0. The molecule has 0 bridgehead atoms. The van der Waals surface area contributed by atoms with E-state index in [1.54, 1.807) is 17.8 Å². The van der Waals surface area contributed by atoms with E-state index in [1.165, 1.54) is 5.56 Å². The van der Waals surface area contributed by atoms with Crippen LogP contribution < -0.4 is 15.0 Å². The number of aromatic nitrogens is 7. The molecule has 2 fully saturated rings. The standard InChI is InChI=1S/C29H29N11O/c1-41-27-5-2-20(11-33-27)17-37-6-8-38(9-7-37)26-4-3-21(12-32-26)28-29-22(10-30)13-35-40(29)19-25(36-28)23-14-34-39(18-23)24-15-31-16-24/h2-5,11-14,18-19,24,31H,6-9,15-17H2,1H3. The van der Waals surface area contributed by atoms with Gasteiger partial charge < -0.3 is 15.0 Å². The van der Waals surface area contributed by atoms with Gasteiger partial charge in [-0.25, -0.2) is 19.5 Å². The predicted octanol–water partition coefficient (Wildman–Crippen LogP) is 2.40. The molecular formula is C29H29N11O. The van der Waals surface area contributed by atoms with Crippen LogP contribution in [0.15, 0.2) is 61.4 Å². The summed E-state index contributed by atoms with van der Waals surface area (Å²) < 4.78 is 8.87. The van der Waals surface area contributed by atoms with E-state index in [2.05, 4.69) is 42.4 Å². The van der Waals surface area contributed by atoms with Gasteiger partial charge in [0.2, 0.25) is 5.88 Å². The lowest BCUT2D eigenvalue weighted by atomic mass is 10.1. The quantitative estimate of drug-likeness (QED) is 0.325. The number of pyridine rings is 2. The van der Waals surface area contributed by atoms with Gasteiger partial charge in [0, 0.05) is 81.6 Å². The zero-order chi connectivity index (χ0) is 27.8. The first-order valence-corrected chi connectivity index (χ1v) is 13.6. The second kappa shape index (κ2) is 10.6. The van der Waals surface area contributed by atoms with Crippen LogP contribution in [0.25, 0.3) is 28.0 Å². The van der Waals surface area contributed by atoms with Gasteiger partial charge in [-0.2, -0.15) is 15.5 Å². The number of piperazine rings is 1. The maximum atomic E-state index is 9.75. The first-order chi connectivity index (χ1) is 20.2. The molecule has 12 heteroatoms. The van der Waals surface area contributed by atoms with Gasteiger partial charge in [-0.3, -0.25) is 9.58 Å². The predicted molar refractivity (Wildman–Crippen MR) is 152 cm³/mol. The minimum Gasteiger partial charge on any atom is -0.481 e. The summed E-state index contributed by atoms with van der Waals surface area (Å²) in [5.41, 5.74) is 5.47. The molecule has 0 saturated carbocycles. The highest BCUT2D eigenvalue weighted by molar-refractivity contribution is 5.83. The fourth-order valence-electron chi connectivity index (χ4n) is 5.30. The molecule has 0 aliphatic carbocycles. The van der Waals surface area contributed by atoms with Crippen LogP contribution in [0.2, 0.25) is 0 Å². The van der Waals surface area contributed by atoms with Crippen molar-refractivity contribution in [2.45, 2.75) is 12.6 Å². The second-order valence-electron chi connectivity index (χ2n) is 10.3. The van der Waals surface area contributed by atoms with Crippen LogP contribution in [0.4, 0.5) is 5.82 Å². The highest BCUT2D eigenvalue weighted by Crippen LogP contribution is 2.30. The van der Waals surface area contributed by atoms with Gasteiger partial charge in [-0.15, -0.1) is 0 Å². The molecule has 206 valence electrons. The molecule has 0 atom stereocenters. The van der Waals surface area contributed by atoms with Crippen molar-refractivity contribution >= 4 is 11.3 Å². The van der Waals surface area contributed by atoms with E-state index in [0.29, 0.717) is 28.7 Å². The van der Waals surface area contributed by atoms with E-state index >= 15 is 0 Å². The number of nitriles is 1. The largest absolute Gasteiger partial charge is 0.481 e. The van der Waals surface area contributed by atoms with Gasteiger partial charge >= 0.3 is 0 Å². The van der Waals surface area contributed by atoms with Gasteiger partial charge in [0.05, 0.1) is 43.1 Å². The molecule has 7 heterocycles. The van der Waals surface area contributed by atoms with Crippen molar-refractivity contribution in [3.8, 4) is 34.5 Å². The molecule has 12 nitrogen and oxygen atoms in total. The summed E-state index contributed by atoms with van der Waals surface area (Å²) in [6.45, 7) is 6.33. The van der Waals surface area contributed by atoms with Gasteiger partial charge in [-0.05, 0) is 17.7 Å². The fraction of sp³-hybridized carbons (Fsp3) is 0.310. The number of hydrogen-bond donors (Lipinski definition) is 1. The van der Waals surface area contributed by atoms with Gasteiger partial charge in [0.25, 0.3) is 0 Å². The molecule has 0 amide bonds. The molecule has 2 aliphatic heterocycles. The normalized spacial score (nSPS) is 16.0. The van der Waals surface area contributed by atoms with Crippen molar-refractivity contribution in [1.29, 1.82) is 5.26 Å². The third-order valence-electron chi connectivity index (χ3n) is 7.78. The van der Waals surface area contributed by atoms with Crippen molar-refractivity contribution < 1.29 is 4.74 Å². The van der Waals surface area contributed by atoms with Crippen LogP contribution in [-0.4, -0.2) is 85.6 Å². The highest BCUT2D eigenvalue weighted by atomic mass is 16.5. The Balaban J connectivity index is 1.10. The maximum Gasteiger partial charge on any atom is 0.212 e. The first-order valence-electron chi connectivity index (χ1n) is 13.6. The fourth-order valence-corrected chi connectivity index (χ4v) is 5.30. The van der Waals surface area contributed by atoms with E-state index in [-0.39, 0.29) is 0 Å². The SMILES string of the molecule is COc1ccc(CN2CCN(c3ccc(-c4nc(-c5cnn(C6CNC6)c5)cn5ncc(C#N)c45)cn3)CC2)cn1. The molecule has 2 saturated heterocycles. The Morgan fingerprint density at radius 1 is 0.951 bits per heavy atom. The zero-order valence-electron chi connectivity index (χ0n) is 22.7. The van der Waals surface area contributed by atoms with Gasteiger partial charge in [0.15, 0.2) is 0 Å². The van der Waals surface area contributed by atoms with E-state index in [4.69, 9.17) is 14.7 Å². The summed E-state index contributed by atoms with van der Waals surface area (Å²) in [7, 11) is 1.63. The highest BCUT2D eigenvalue weighted by Gasteiger charge is 2.22. The Kier molecular flexibility index (Phi) is 6.50. The van der Waals surface area contributed by atoms with Crippen LogP contribution in [0.5, 0.6) is 5.88 Å². The lowest BCUT2D eigenvalue weighted by molar-refractivity contribution is 0.249. The smallest absolute Gasteiger partial charge is 0.212 e. The second-order valence-corrected chi connectivity index (χ2v) is 10.3. The molecule has 0 aromatic carbocycles. The molecule has 0 unspecified atom stereocenters. The minimum absolute atomic E-state index is 0.361. The van der Waals surface area contributed by atoms with Crippen LogP contribution in [0.1, 0.15) is 17.2 Å². The van der Waals surface area contributed by atoms with E-state index in [1.807, 2.05) is 53.9 Å². The lowest BCUT2D eigenvalue weighted by Crippen LogP contribution is -2.46. The first kappa shape index (κ1) is 25.1. The van der Waals surface area contributed by atoms with Crippen LogP contribution in [0.3, 0.4) is 0 Å². The van der Waals surface area contributed by atoms with E-state index in [0.717, 1.165) is 68.5 Å². The maximum absolute atomic E-state index is 9.75. The topological polar surface area (TPSA) is 125 Å². The average Bonchev–Trinajstić information content (AvgIpc) is 3.64. The number of fused-ring (bicyclic) bond motifs is 1. The van der Waals surface area contributed by atoms with Crippen molar-refractivity contribution in [3.63, 3.8) is 0 Å². The lowest BCUT2D eigenvalue weighted by Gasteiger charge is -2.35. The Morgan fingerprint density at radius 2 is 1.83 bits per heavy atom. The number of rotatable bonds is 7. The van der Waals surface area contributed by atoms with Crippen molar-refractivity contribution in [2.24, 2.45) is 0 Å². The Labute approximate surface area is 236 Å². The van der Waals surface area contributed by atoms with Crippen LogP contribution in [0, 0.1) is 11.3 Å². The molecule has 5 aromatic heterocycles. The third kappa shape index (κ3) is 4.86. The molecule has 41 heavy (non-hydrogen) atoms. The monoisotopic (exact) mass is 547 g/mol. The number of hydrogen-bond acceptors (Lipinski definition) is 10. The molecule has 1 N–H and O–H groups in total. The number of anilines is 1. The Hall–Kier alpha value is -4.86. The number of nitrogens with one attached hydrogen (secondary N) is 1. The number of nitrogens with zero attached hydrogens (tertiary/aromatic N) is 10. The summed E-state index contributed by atoms with van der Waals surface area (Å²) >= 11 is 0. The van der Waals surface area contributed by atoms with Crippen molar-refractivity contribution in [1.82, 2.24) is 44.6 Å². The molecular weight excluding hydrogens is 518 g/mol.